The van der Waals surface area contributed by atoms with Crippen LogP contribution < -0.4 is 5.73 Å². The van der Waals surface area contributed by atoms with Crippen LogP contribution in [0.4, 0.5) is 5.69 Å². The molecule has 1 aromatic rings. The van der Waals surface area contributed by atoms with Gasteiger partial charge in [0, 0.05) is 16.7 Å². The summed E-state index contributed by atoms with van der Waals surface area (Å²) in [4.78, 5) is 0. The molecular weight excluding hydrogens is 190 g/mol. The second-order valence-corrected chi connectivity index (χ2v) is 4.75. The number of rotatable bonds is 1. The molecule has 2 rings (SSSR count). The van der Waals surface area contributed by atoms with E-state index in [1.807, 2.05) is 24.3 Å². The number of hydrogen-bond acceptors (Lipinski definition) is 3. The molecule has 1 heterocycles. The molecule has 1 aliphatic heterocycles. The summed E-state index contributed by atoms with van der Waals surface area (Å²) in [5, 5.41) is 0. The average molecular weight is 207 g/mol. The van der Waals surface area contributed by atoms with E-state index in [9.17, 15) is 0 Å². The number of nitrogens with two attached hydrogens (primary N) is 1. The first kappa shape index (κ1) is 10.5. The molecule has 0 amide bonds. The summed E-state index contributed by atoms with van der Waals surface area (Å²) >= 11 is 0. The lowest BCUT2D eigenvalue weighted by atomic mass is 9.95. The zero-order valence-electron chi connectivity index (χ0n) is 9.19. The van der Waals surface area contributed by atoms with Gasteiger partial charge in [0.05, 0.1) is 13.2 Å². The lowest BCUT2D eigenvalue weighted by molar-refractivity contribution is -0.225. The van der Waals surface area contributed by atoms with Gasteiger partial charge in [0.2, 0.25) is 0 Å². The van der Waals surface area contributed by atoms with E-state index in [0.717, 1.165) is 11.3 Å². The van der Waals surface area contributed by atoms with Crippen LogP contribution in [0.15, 0.2) is 24.3 Å². The Morgan fingerprint density at radius 1 is 1.20 bits per heavy atom. The fourth-order valence-electron chi connectivity index (χ4n) is 1.60. The molecule has 15 heavy (non-hydrogen) atoms. The summed E-state index contributed by atoms with van der Waals surface area (Å²) in [5.74, 6) is 0. The molecule has 0 atom stereocenters. The largest absolute Gasteiger partial charge is 0.398 e. The fourth-order valence-corrected chi connectivity index (χ4v) is 1.60. The van der Waals surface area contributed by atoms with E-state index in [4.69, 9.17) is 15.2 Å². The number of hydrogen-bond donors (Lipinski definition) is 1. The highest BCUT2D eigenvalue weighted by atomic mass is 16.7. The normalized spacial score (nSPS) is 21.5. The van der Waals surface area contributed by atoms with E-state index >= 15 is 0 Å². The minimum atomic E-state index is -0.306. The van der Waals surface area contributed by atoms with Crippen molar-refractivity contribution in [1.29, 1.82) is 0 Å². The van der Waals surface area contributed by atoms with Crippen LogP contribution in [0.2, 0.25) is 0 Å². The number of benzene rings is 1. The van der Waals surface area contributed by atoms with E-state index in [0.29, 0.717) is 13.2 Å². The van der Waals surface area contributed by atoms with Crippen molar-refractivity contribution in [3.63, 3.8) is 0 Å². The molecule has 0 unspecified atom stereocenters. The fraction of sp³-hybridized carbons (Fsp3) is 0.500. The molecule has 3 nitrogen and oxygen atoms in total. The van der Waals surface area contributed by atoms with E-state index in [2.05, 4.69) is 13.8 Å². The summed E-state index contributed by atoms with van der Waals surface area (Å²) in [5.41, 5.74) is 7.60. The lowest BCUT2D eigenvalue weighted by Crippen LogP contribution is -2.34. The molecule has 2 N–H and O–H groups in total. The number of ether oxygens (including phenoxy) is 2. The second-order valence-electron chi connectivity index (χ2n) is 4.75. The summed E-state index contributed by atoms with van der Waals surface area (Å²) in [6, 6.07) is 7.66. The molecule has 3 heteroatoms. The van der Waals surface area contributed by atoms with Gasteiger partial charge in [0.15, 0.2) is 6.29 Å². The van der Waals surface area contributed by atoms with Gasteiger partial charge in [-0.05, 0) is 6.07 Å². The van der Waals surface area contributed by atoms with Gasteiger partial charge in [-0.3, -0.25) is 0 Å². The third-order valence-electron chi connectivity index (χ3n) is 2.50. The molecule has 0 saturated carbocycles. The smallest absolute Gasteiger partial charge is 0.185 e. The standard InChI is InChI=1S/C12H17NO2/c1-12(2)7-14-11(15-8-12)9-5-3-4-6-10(9)13/h3-6,11H,7-8,13H2,1-2H3. The maximum atomic E-state index is 5.86. The van der Waals surface area contributed by atoms with Crippen molar-refractivity contribution in [1.82, 2.24) is 0 Å². The van der Waals surface area contributed by atoms with E-state index in [1.54, 1.807) is 0 Å². The first-order valence-corrected chi connectivity index (χ1v) is 5.16. The van der Waals surface area contributed by atoms with E-state index < -0.39 is 0 Å². The van der Waals surface area contributed by atoms with Gasteiger partial charge in [0.25, 0.3) is 0 Å². The van der Waals surface area contributed by atoms with Crippen LogP contribution in [-0.2, 0) is 9.47 Å². The first-order chi connectivity index (χ1) is 7.08. The highest BCUT2D eigenvalue weighted by molar-refractivity contribution is 5.47. The van der Waals surface area contributed by atoms with Crippen LogP contribution >= 0.6 is 0 Å². The lowest BCUT2D eigenvalue weighted by Gasteiger charge is -2.35. The average Bonchev–Trinajstić information content (AvgIpc) is 2.19. The summed E-state index contributed by atoms with van der Waals surface area (Å²) < 4.78 is 11.3. The van der Waals surface area contributed by atoms with Crippen LogP contribution in [0.1, 0.15) is 25.7 Å². The zero-order valence-corrected chi connectivity index (χ0v) is 9.19. The minimum absolute atomic E-state index is 0.0973. The molecule has 1 aliphatic rings. The number of nitrogen functional groups attached to an aromatic ring is 1. The van der Waals surface area contributed by atoms with Gasteiger partial charge in [-0.1, -0.05) is 32.0 Å². The minimum Gasteiger partial charge on any atom is -0.398 e. The van der Waals surface area contributed by atoms with Crippen LogP contribution in [0.3, 0.4) is 0 Å². The van der Waals surface area contributed by atoms with Gasteiger partial charge in [-0.15, -0.1) is 0 Å². The Kier molecular flexibility index (Phi) is 2.67. The van der Waals surface area contributed by atoms with Crippen LogP contribution in [-0.4, -0.2) is 13.2 Å². The van der Waals surface area contributed by atoms with E-state index in [-0.39, 0.29) is 11.7 Å². The Hall–Kier alpha value is -1.06. The second kappa shape index (κ2) is 3.83. The van der Waals surface area contributed by atoms with Crippen LogP contribution in [0, 0.1) is 5.41 Å². The maximum Gasteiger partial charge on any atom is 0.185 e. The molecule has 0 aliphatic carbocycles. The monoisotopic (exact) mass is 207 g/mol. The van der Waals surface area contributed by atoms with Gasteiger partial charge >= 0.3 is 0 Å². The molecule has 82 valence electrons. The maximum absolute atomic E-state index is 5.86. The van der Waals surface area contributed by atoms with E-state index in [1.165, 1.54) is 0 Å². The molecule has 1 saturated heterocycles. The highest BCUT2D eigenvalue weighted by Crippen LogP contribution is 2.33. The first-order valence-electron chi connectivity index (χ1n) is 5.16. The van der Waals surface area contributed by atoms with Gasteiger partial charge in [0.1, 0.15) is 0 Å². The predicted octanol–water partition coefficient (Wildman–Crippen LogP) is 2.34. The molecule has 0 bridgehead atoms. The molecule has 1 aromatic carbocycles. The van der Waals surface area contributed by atoms with Crippen molar-refractivity contribution in [2.45, 2.75) is 20.1 Å². The molecule has 0 radical (unpaired) electrons. The molecule has 0 aromatic heterocycles. The summed E-state index contributed by atoms with van der Waals surface area (Å²) in [7, 11) is 0. The third-order valence-corrected chi connectivity index (χ3v) is 2.50. The van der Waals surface area contributed by atoms with Crippen LogP contribution in [0.25, 0.3) is 0 Å². The zero-order chi connectivity index (χ0) is 10.9. The number of anilines is 1. The Morgan fingerprint density at radius 2 is 1.80 bits per heavy atom. The van der Waals surface area contributed by atoms with Crippen molar-refractivity contribution in [3.8, 4) is 0 Å². The van der Waals surface area contributed by atoms with Crippen molar-refractivity contribution >= 4 is 5.69 Å². The predicted molar refractivity (Wildman–Crippen MR) is 59.3 cm³/mol. The topological polar surface area (TPSA) is 44.5 Å². The van der Waals surface area contributed by atoms with Crippen LogP contribution in [0.5, 0.6) is 0 Å². The van der Waals surface area contributed by atoms with Gasteiger partial charge in [-0.2, -0.15) is 0 Å². The van der Waals surface area contributed by atoms with Crippen molar-refractivity contribution in [2.75, 3.05) is 18.9 Å². The molecule has 0 spiro atoms. The highest BCUT2D eigenvalue weighted by Gasteiger charge is 2.29. The summed E-state index contributed by atoms with van der Waals surface area (Å²) in [6.45, 7) is 5.65. The Labute approximate surface area is 90.2 Å². The third kappa shape index (κ3) is 2.30. The SMILES string of the molecule is CC1(C)COC(c2ccccc2N)OC1. The Balaban J connectivity index is 2.11. The molecular formula is C12H17NO2. The van der Waals surface area contributed by atoms with Gasteiger partial charge < -0.3 is 15.2 Å². The quantitative estimate of drug-likeness (QED) is 0.719. The van der Waals surface area contributed by atoms with Crippen molar-refractivity contribution in [3.05, 3.63) is 29.8 Å². The van der Waals surface area contributed by atoms with Crippen molar-refractivity contribution < 1.29 is 9.47 Å². The van der Waals surface area contributed by atoms with Gasteiger partial charge in [-0.25, -0.2) is 0 Å². The number of para-hydroxylation sites is 1. The summed E-state index contributed by atoms with van der Waals surface area (Å²) in [6.07, 6.45) is -0.306. The Bertz CT molecular complexity index is 339. The van der Waals surface area contributed by atoms with Crippen molar-refractivity contribution in [2.24, 2.45) is 5.41 Å². The molecule has 1 fully saturated rings. The Morgan fingerprint density at radius 3 is 2.40 bits per heavy atom.